The number of rotatable bonds is 1. The quantitative estimate of drug-likeness (QED) is 0.833. The van der Waals surface area contributed by atoms with E-state index in [4.69, 9.17) is 0 Å². The molecule has 3 heteroatoms. The second-order valence-electron chi connectivity index (χ2n) is 6.24. The Morgan fingerprint density at radius 2 is 2.11 bits per heavy atom. The molecule has 0 atom stereocenters. The van der Waals surface area contributed by atoms with Crippen LogP contribution in [0.25, 0.3) is 10.9 Å². The summed E-state index contributed by atoms with van der Waals surface area (Å²) < 4.78 is 0. The molecular formula is C16H20N2O. The molecule has 0 aliphatic carbocycles. The van der Waals surface area contributed by atoms with E-state index in [9.17, 15) is 4.79 Å². The number of nitrogens with zero attached hydrogens (tertiary/aromatic N) is 1. The van der Waals surface area contributed by atoms with Crippen LogP contribution in [0.3, 0.4) is 0 Å². The van der Waals surface area contributed by atoms with E-state index in [0.717, 1.165) is 36.0 Å². The summed E-state index contributed by atoms with van der Waals surface area (Å²) in [6.07, 6.45) is 4.14. The molecule has 1 aliphatic rings. The maximum absolute atomic E-state index is 12.7. The van der Waals surface area contributed by atoms with Gasteiger partial charge in [-0.25, -0.2) is 0 Å². The normalized spacial score (nSPS) is 18.7. The molecule has 2 heterocycles. The highest BCUT2D eigenvalue weighted by Crippen LogP contribution is 2.30. The molecule has 2 aromatic rings. The van der Waals surface area contributed by atoms with Gasteiger partial charge in [0.1, 0.15) is 0 Å². The Balaban J connectivity index is 1.91. The molecule has 1 aliphatic heterocycles. The lowest BCUT2D eigenvalue weighted by Gasteiger charge is -2.38. The number of aromatic amines is 1. The van der Waals surface area contributed by atoms with Crippen molar-refractivity contribution in [3.05, 3.63) is 36.0 Å². The third kappa shape index (κ3) is 2.25. The van der Waals surface area contributed by atoms with Gasteiger partial charge in [-0.15, -0.1) is 0 Å². The SMILES string of the molecule is CC1(C)CCCN(C(=O)c2c[nH]c3ccccc23)C1. The summed E-state index contributed by atoms with van der Waals surface area (Å²) in [4.78, 5) is 17.8. The van der Waals surface area contributed by atoms with Crippen molar-refractivity contribution in [3.63, 3.8) is 0 Å². The summed E-state index contributed by atoms with van der Waals surface area (Å²) >= 11 is 0. The molecule has 0 bridgehead atoms. The fourth-order valence-corrected chi connectivity index (χ4v) is 3.02. The van der Waals surface area contributed by atoms with E-state index in [1.165, 1.54) is 6.42 Å². The Bertz CT molecular complexity index is 612. The van der Waals surface area contributed by atoms with Gasteiger partial charge in [-0.3, -0.25) is 4.79 Å². The van der Waals surface area contributed by atoms with Crippen LogP contribution in [0.15, 0.2) is 30.5 Å². The smallest absolute Gasteiger partial charge is 0.256 e. The van der Waals surface area contributed by atoms with Gasteiger partial charge < -0.3 is 9.88 Å². The molecule has 1 amide bonds. The molecule has 1 N–H and O–H groups in total. The van der Waals surface area contributed by atoms with Crippen LogP contribution in [0, 0.1) is 5.41 Å². The van der Waals surface area contributed by atoms with Crippen molar-refractivity contribution in [1.29, 1.82) is 0 Å². The predicted octanol–water partition coefficient (Wildman–Crippen LogP) is 3.43. The molecule has 3 rings (SSSR count). The Hall–Kier alpha value is -1.77. The van der Waals surface area contributed by atoms with Crippen molar-refractivity contribution in [2.24, 2.45) is 5.41 Å². The average molecular weight is 256 g/mol. The van der Waals surface area contributed by atoms with E-state index >= 15 is 0 Å². The Morgan fingerprint density at radius 1 is 1.32 bits per heavy atom. The fourth-order valence-electron chi connectivity index (χ4n) is 3.02. The maximum Gasteiger partial charge on any atom is 0.256 e. The van der Waals surface area contributed by atoms with Crippen LogP contribution in [0.4, 0.5) is 0 Å². The number of carbonyl (C=O) groups excluding carboxylic acids is 1. The third-order valence-electron chi connectivity index (χ3n) is 4.01. The number of para-hydroxylation sites is 1. The zero-order valence-electron chi connectivity index (χ0n) is 11.6. The molecule has 0 saturated carbocycles. The summed E-state index contributed by atoms with van der Waals surface area (Å²) in [5.74, 6) is 0.158. The summed E-state index contributed by atoms with van der Waals surface area (Å²) in [7, 11) is 0. The number of hydrogen-bond donors (Lipinski definition) is 1. The largest absolute Gasteiger partial charge is 0.360 e. The third-order valence-corrected chi connectivity index (χ3v) is 4.01. The number of piperidine rings is 1. The van der Waals surface area contributed by atoms with Crippen LogP contribution in [0.5, 0.6) is 0 Å². The summed E-state index contributed by atoms with van der Waals surface area (Å²) in [6, 6.07) is 7.98. The Morgan fingerprint density at radius 3 is 2.89 bits per heavy atom. The van der Waals surface area contributed by atoms with Crippen LogP contribution in [0.1, 0.15) is 37.0 Å². The van der Waals surface area contributed by atoms with Crippen LogP contribution >= 0.6 is 0 Å². The molecule has 0 spiro atoms. The molecule has 19 heavy (non-hydrogen) atoms. The molecule has 0 radical (unpaired) electrons. The van der Waals surface area contributed by atoms with Crippen molar-refractivity contribution < 1.29 is 4.79 Å². The van der Waals surface area contributed by atoms with Crippen molar-refractivity contribution in [2.75, 3.05) is 13.1 Å². The van der Waals surface area contributed by atoms with Crippen LogP contribution < -0.4 is 0 Å². The number of fused-ring (bicyclic) bond motifs is 1. The molecule has 1 fully saturated rings. The lowest BCUT2D eigenvalue weighted by atomic mass is 9.84. The first-order chi connectivity index (χ1) is 9.07. The number of carbonyl (C=O) groups is 1. The number of aromatic nitrogens is 1. The predicted molar refractivity (Wildman–Crippen MR) is 77.2 cm³/mol. The highest BCUT2D eigenvalue weighted by Gasteiger charge is 2.30. The topological polar surface area (TPSA) is 36.1 Å². The van der Waals surface area contributed by atoms with Gasteiger partial charge in [0, 0.05) is 30.2 Å². The molecule has 0 unspecified atom stereocenters. The van der Waals surface area contributed by atoms with Gasteiger partial charge in [0.25, 0.3) is 5.91 Å². The van der Waals surface area contributed by atoms with Crippen LogP contribution in [-0.4, -0.2) is 28.9 Å². The summed E-state index contributed by atoms with van der Waals surface area (Å²) in [6.45, 7) is 6.20. The lowest BCUT2D eigenvalue weighted by molar-refractivity contribution is 0.0585. The first-order valence-corrected chi connectivity index (χ1v) is 6.92. The standard InChI is InChI=1S/C16H20N2O/c1-16(2)8-5-9-18(11-16)15(19)13-10-17-14-7-4-3-6-12(13)14/h3-4,6-7,10,17H,5,8-9,11H2,1-2H3. The fraction of sp³-hybridized carbons (Fsp3) is 0.438. The van der Waals surface area contributed by atoms with E-state index < -0.39 is 0 Å². The zero-order valence-corrected chi connectivity index (χ0v) is 11.6. The van der Waals surface area contributed by atoms with Gasteiger partial charge in [0.2, 0.25) is 0 Å². The van der Waals surface area contributed by atoms with Gasteiger partial charge in [-0.2, -0.15) is 0 Å². The first kappa shape index (κ1) is 12.3. The Labute approximate surface area is 113 Å². The van der Waals surface area contributed by atoms with Crippen molar-refractivity contribution in [1.82, 2.24) is 9.88 Å². The zero-order chi connectivity index (χ0) is 13.5. The number of likely N-dealkylation sites (tertiary alicyclic amines) is 1. The number of benzene rings is 1. The van der Waals surface area contributed by atoms with Gasteiger partial charge in [-0.1, -0.05) is 32.0 Å². The lowest BCUT2D eigenvalue weighted by Crippen LogP contribution is -2.43. The minimum absolute atomic E-state index is 0.158. The van der Waals surface area contributed by atoms with E-state index in [-0.39, 0.29) is 11.3 Å². The molecular weight excluding hydrogens is 236 g/mol. The molecule has 1 aromatic heterocycles. The minimum Gasteiger partial charge on any atom is -0.360 e. The second-order valence-corrected chi connectivity index (χ2v) is 6.24. The number of H-pyrrole nitrogens is 1. The van der Waals surface area contributed by atoms with Gasteiger partial charge in [0.15, 0.2) is 0 Å². The van der Waals surface area contributed by atoms with Gasteiger partial charge in [0.05, 0.1) is 5.56 Å². The number of hydrogen-bond acceptors (Lipinski definition) is 1. The van der Waals surface area contributed by atoms with E-state index in [1.54, 1.807) is 0 Å². The van der Waals surface area contributed by atoms with Crippen LogP contribution in [-0.2, 0) is 0 Å². The van der Waals surface area contributed by atoms with E-state index in [2.05, 4.69) is 18.8 Å². The summed E-state index contributed by atoms with van der Waals surface area (Å²) in [5.41, 5.74) is 2.07. The Kier molecular flexibility index (Phi) is 2.85. The minimum atomic E-state index is 0.158. The number of amides is 1. The molecule has 1 aromatic carbocycles. The van der Waals surface area contributed by atoms with Gasteiger partial charge >= 0.3 is 0 Å². The molecule has 100 valence electrons. The first-order valence-electron chi connectivity index (χ1n) is 6.92. The molecule has 1 saturated heterocycles. The number of nitrogens with one attached hydrogen (secondary N) is 1. The average Bonchev–Trinajstić information content (AvgIpc) is 2.80. The second kappa shape index (κ2) is 4.41. The van der Waals surface area contributed by atoms with E-state index in [1.807, 2.05) is 35.4 Å². The van der Waals surface area contributed by atoms with Crippen molar-refractivity contribution in [2.45, 2.75) is 26.7 Å². The van der Waals surface area contributed by atoms with Gasteiger partial charge in [-0.05, 0) is 24.3 Å². The summed E-state index contributed by atoms with van der Waals surface area (Å²) in [5, 5.41) is 1.02. The highest BCUT2D eigenvalue weighted by atomic mass is 16.2. The monoisotopic (exact) mass is 256 g/mol. The van der Waals surface area contributed by atoms with Crippen molar-refractivity contribution >= 4 is 16.8 Å². The van der Waals surface area contributed by atoms with Crippen LogP contribution in [0.2, 0.25) is 0 Å². The highest BCUT2D eigenvalue weighted by molar-refractivity contribution is 6.06. The molecule has 3 nitrogen and oxygen atoms in total. The van der Waals surface area contributed by atoms with E-state index in [0.29, 0.717) is 0 Å². The maximum atomic E-state index is 12.7. The van der Waals surface area contributed by atoms with Crippen molar-refractivity contribution in [3.8, 4) is 0 Å².